The number of rotatable bonds is 2. The quantitative estimate of drug-likeness (QED) is 0.289. The van der Waals surface area contributed by atoms with Gasteiger partial charge in [-0.25, -0.2) is 0 Å². The first kappa shape index (κ1) is 12.0. The van der Waals surface area contributed by atoms with Crippen LogP contribution in [0.4, 0.5) is 0 Å². The molecule has 18 heavy (non-hydrogen) atoms. The maximum absolute atomic E-state index is 8.11. The fourth-order valence-corrected chi connectivity index (χ4v) is 1.67. The van der Waals surface area contributed by atoms with Crippen molar-refractivity contribution in [3.05, 3.63) is 57.4 Å². The Morgan fingerprint density at radius 1 is 1.39 bits per heavy atom. The lowest BCUT2D eigenvalue weighted by Crippen LogP contribution is -1.91. The number of azide groups is 1. The van der Waals surface area contributed by atoms with Gasteiger partial charge in [-0.1, -0.05) is 17.0 Å². The summed E-state index contributed by atoms with van der Waals surface area (Å²) in [6, 6.07) is 7.66. The van der Waals surface area contributed by atoms with Crippen molar-refractivity contribution in [2.75, 3.05) is 6.54 Å². The molecule has 0 unspecified atom stereocenters. The number of hydrogen-bond donors (Lipinski definition) is 1. The van der Waals surface area contributed by atoms with Crippen LogP contribution in [-0.2, 0) is 0 Å². The van der Waals surface area contributed by atoms with E-state index in [2.05, 4.69) is 26.9 Å². The monoisotopic (exact) mass is 255 g/mol. The summed E-state index contributed by atoms with van der Waals surface area (Å²) in [6.07, 6.45) is 3.65. The Hall–Kier alpha value is -2.48. The Morgan fingerprint density at radius 2 is 2.17 bits per heavy atom. The van der Waals surface area contributed by atoms with Crippen LogP contribution in [0.2, 0.25) is 0 Å². The van der Waals surface area contributed by atoms with Crippen LogP contribution < -0.4 is 0 Å². The molecule has 0 aliphatic heterocycles. The Bertz CT molecular complexity index is 692. The average Bonchev–Trinajstić information content (AvgIpc) is 2.82. The summed E-state index contributed by atoms with van der Waals surface area (Å²) in [4.78, 5) is 5.56. The van der Waals surface area contributed by atoms with Gasteiger partial charge in [0.05, 0.1) is 6.54 Å². The molecule has 5 nitrogen and oxygen atoms in total. The SMILES string of the molecule is [N-]=[N+]=NCC#Cc1ccc(-n2cc[nH]c2=S)cc1. The van der Waals surface area contributed by atoms with Crippen molar-refractivity contribution < 1.29 is 0 Å². The second-order valence-electron chi connectivity index (χ2n) is 3.37. The highest BCUT2D eigenvalue weighted by molar-refractivity contribution is 7.71. The first-order chi connectivity index (χ1) is 8.81. The summed E-state index contributed by atoms with van der Waals surface area (Å²) in [7, 11) is 0. The highest BCUT2D eigenvalue weighted by Crippen LogP contribution is 2.09. The predicted molar refractivity (Wildman–Crippen MR) is 71.8 cm³/mol. The van der Waals surface area contributed by atoms with Crippen molar-refractivity contribution in [3.8, 4) is 17.5 Å². The van der Waals surface area contributed by atoms with E-state index in [1.807, 2.05) is 35.0 Å². The lowest BCUT2D eigenvalue weighted by molar-refractivity contribution is 1.03. The zero-order valence-corrected chi connectivity index (χ0v) is 10.2. The van der Waals surface area contributed by atoms with Crippen LogP contribution in [0.25, 0.3) is 16.1 Å². The van der Waals surface area contributed by atoms with E-state index < -0.39 is 0 Å². The third-order valence-electron chi connectivity index (χ3n) is 2.24. The van der Waals surface area contributed by atoms with E-state index in [0.29, 0.717) is 4.77 Å². The number of aromatic nitrogens is 2. The van der Waals surface area contributed by atoms with Crippen LogP contribution in [0.3, 0.4) is 0 Å². The summed E-state index contributed by atoms with van der Waals surface area (Å²) < 4.78 is 2.52. The topological polar surface area (TPSA) is 69.5 Å². The number of nitrogens with zero attached hydrogens (tertiary/aromatic N) is 4. The maximum atomic E-state index is 8.11. The summed E-state index contributed by atoms with van der Waals surface area (Å²) >= 11 is 5.13. The molecule has 1 aromatic heterocycles. The molecule has 0 saturated carbocycles. The van der Waals surface area contributed by atoms with E-state index in [0.717, 1.165) is 11.3 Å². The van der Waals surface area contributed by atoms with Crippen LogP contribution in [0.15, 0.2) is 41.8 Å². The molecule has 1 aromatic carbocycles. The number of imidazole rings is 1. The molecule has 2 aromatic rings. The number of H-pyrrole nitrogens is 1. The van der Waals surface area contributed by atoms with Crippen molar-refractivity contribution in [2.45, 2.75) is 0 Å². The molecule has 1 heterocycles. The van der Waals surface area contributed by atoms with Gasteiger partial charge in [0.1, 0.15) is 0 Å². The highest BCUT2D eigenvalue weighted by Gasteiger charge is 1.96. The van der Waals surface area contributed by atoms with E-state index in [1.165, 1.54) is 0 Å². The number of nitrogens with one attached hydrogen (secondary N) is 1. The second-order valence-corrected chi connectivity index (χ2v) is 3.76. The van der Waals surface area contributed by atoms with Crippen LogP contribution in [0.5, 0.6) is 0 Å². The van der Waals surface area contributed by atoms with E-state index in [9.17, 15) is 0 Å². The van der Waals surface area contributed by atoms with Gasteiger partial charge in [-0.2, -0.15) is 0 Å². The minimum absolute atomic E-state index is 0.182. The number of benzene rings is 1. The van der Waals surface area contributed by atoms with E-state index in [4.69, 9.17) is 17.7 Å². The molecule has 0 spiro atoms. The maximum Gasteiger partial charge on any atom is 0.181 e. The Labute approximate surface area is 109 Å². The van der Waals surface area contributed by atoms with E-state index >= 15 is 0 Å². The minimum atomic E-state index is 0.182. The zero-order valence-electron chi connectivity index (χ0n) is 9.37. The van der Waals surface area contributed by atoms with Gasteiger partial charge < -0.3 is 4.98 Å². The van der Waals surface area contributed by atoms with Crippen molar-refractivity contribution in [1.29, 1.82) is 0 Å². The Kier molecular flexibility index (Phi) is 3.82. The molecule has 0 amide bonds. The third-order valence-corrected chi connectivity index (χ3v) is 2.55. The molecule has 0 saturated heterocycles. The van der Waals surface area contributed by atoms with Gasteiger partial charge >= 0.3 is 0 Å². The van der Waals surface area contributed by atoms with E-state index in [-0.39, 0.29) is 6.54 Å². The van der Waals surface area contributed by atoms with Crippen molar-refractivity contribution >= 4 is 12.2 Å². The van der Waals surface area contributed by atoms with Gasteiger partial charge in [-0.05, 0) is 42.0 Å². The third kappa shape index (κ3) is 2.80. The highest BCUT2D eigenvalue weighted by atomic mass is 32.1. The number of aromatic amines is 1. The molecular weight excluding hydrogens is 246 g/mol. The molecule has 0 bridgehead atoms. The molecule has 2 rings (SSSR count). The van der Waals surface area contributed by atoms with Crippen molar-refractivity contribution in [2.24, 2.45) is 5.11 Å². The molecule has 0 aliphatic rings. The summed E-state index contributed by atoms with van der Waals surface area (Å²) in [5.74, 6) is 5.67. The molecule has 0 aliphatic carbocycles. The Balaban J connectivity index is 2.20. The average molecular weight is 255 g/mol. The van der Waals surface area contributed by atoms with Gasteiger partial charge in [0.25, 0.3) is 0 Å². The first-order valence-electron chi connectivity index (χ1n) is 5.17. The van der Waals surface area contributed by atoms with Crippen molar-refractivity contribution in [3.63, 3.8) is 0 Å². The predicted octanol–water partition coefficient (Wildman–Crippen LogP) is 3.20. The van der Waals surface area contributed by atoms with Gasteiger partial charge in [0.15, 0.2) is 4.77 Å². The number of hydrogen-bond acceptors (Lipinski definition) is 2. The van der Waals surface area contributed by atoms with Gasteiger partial charge in [-0.3, -0.25) is 4.57 Å². The van der Waals surface area contributed by atoms with E-state index in [1.54, 1.807) is 6.20 Å². The Morgan fingerprint density at radius 3 is 2.78 bits per heavy atom. The smallest absolute Gasteiger partial charge is 0.181 e. The molecule has 0 radical (unpaired) electrons. The molecule has 1 N–H and O–H groups in total. The fraction of sp³-hybridized carbons (Fsp3) is 0.0833. The summed E-state index contributed by atoms with van der Waals surface area (Å²) in [5, 5.41) is 3.34. The lowest BCUT2D eigenvalue weighted by Gasteiger charge is -2.01. The molecular formula is C12H9N5S. The van der Waals surface area contributed by atoms with Crippen LogP contribution >= 0.6 is 12.2 Å². The normalized spacial score (nSPS) is 9.11. The fourth-order valence-electron chi connectivity index (χ4n) is 1.44. The van der Waals surface area contributed by atoms with Crippen LogP contribution in [-0.4, -0.2) is 16.1 Å². The molecule has 0 atom stereocenters. The zero-order chi connectivity index (χ0) is 12.8. The van der Waals surface area contributed by atoms with Crippen molar-refractivity contribution in [1.82, 2.24) is 9.55 Å². The lowest BCUT2D eigenvalue weighted by atomic mass is 10.2. The summed E-state index contributed by atoms with van der Waals surface area (Å²) in [6.45, 7) is 0.182. The standard InChI is InChI=1S/C12H9N5S/c13-16-15-7-1-2-10-3-5-11(6-4-10)17-9-8-14-12(17)18/h3-6,8-9H,7H2,(H,14,18). The summed E-state index contributed by atoms with van der Waals surface area (Å²) in [5.41, 5.74) is 9.95. The first-order valence-corrected chi connectivity index (χ1v) is 5.58. The van der Waals surface area contributed by atoms with Gasteiger partial charge in [0.2, 0.25) is 0 Å². The largest absolute Gasteiger partial charge is 0.337 e. The van der Waals surface area contributed by atoms with Crippen LogP contribution in [0, 0.1) is 16.6 Å². The molecule has 88 valence electrons. The minimum Gasteiger partial charge on any atom is -0.337 e. The molecule has 0 fully saturated rings. The molecule has 6 heteroatoms. The van der Waals surface area contributed by atoms with Gasteiger partial charge in [0, 0.05) is 28.6 Å². The van der Waals surface area contributed by atoms with Crippen LogP contribution in [0.1, 0.15) is 5.56 Å². The second kappa shape index (κ2) is 5.73. The van der Waals surface area contributed by atoms with Gasteiger partial charge in [-0.15, -0.1) is 0 Å².